The van der Waals surface area contributed by atoms with E-state index in [9.17, 15) is 18.0 Å². The number of rotatable bonds is 3. The van der Waals surface area contributed by atoms with Crippen molar-refractivity contribution in [2.24, 2.45) is 0 Å². The van der Waals surface area contributed by atoms with E-state index in [0.717, 1.165) is 48.2 Å². The van der Waals surface area contributed by atoms with Crippen LogP contribution in [0.3, 0.4) is 0 Å². The van der Waals surface area contributed by atoms with E-state index < -0.39 is 17.6 Å². The molecule has 204 valence electrons. The summed E-state index contributed by atoms with van der Waals surface area (Å²) in [5.74, 6) is 1.14. The molecule has 6 rings (SSSR count). The molecule has 2 aromatic rings. The van der Waals surface area contributed by atoms with Gasteiger partial charge in [-0.15, -0.1) is 13.2 Å². The summed E-state index contributed by atoms with van der Waals surface area (Å²) in [7, 11) is 1.62. The maximum atomic E-state index is 13.6. The van der Waals surface area contributed by atoms with E-state index in [4.69, 9.17) is 9.47 Å². The first kappa shape index (κ1) is 25.2. The molecule has 2 spiro atoms. The van der Waals surface area contributed by atoms with Gasteiger partial charge in [0.15, 0.2) is 5.72 Å². The lowest BCUT2D eigenvalue weighted by Crippen LogP contribution is -2.66. The lowest BCUT2D eigenvalue weighted by Gasteiger charge is -2.52. The number of para-hydroxylation sites is 1. The molecule has 1 saturated heterocycles. The highest BCUT2D eigenvalue weighted by Crippen LogP contribution is 2.51. The fourth-order valence-electron chi connectivity index (χ4n) is 6.78. The first-order valence-corrected chi connectivity index (χ1v) is 13.2. The van der Waals surface area contributed by atoms with Gasteiger partial charge in [-0.2, -0.15) is 0 Å². The Labute approximate surface area is 219 Å². The number of hydrogen-bond donors (Lipinski definition) is 2. The normalized spacial score (nSPS) is 24.9. The summed E-state index contributed by atoms with van der Waals surface area (Å²) >= 11 is 0. The third kappa shape index (κ3) is 4.22. The number of nitrogens with one attached hydrogen (secondary N) is 2. The van der Waals surface area contributed by atoms with Crippen molar-refractivity contribution in [3.8, 4) is 17.2 Å². The predicted molar refractivity (Wildman–Crippen MR) is 134 cm³/mol. The lowest BCUT2D eigenvalue weighted by molar-refractivity contribution is -0.274. The number of halogens is 3. The fraction of sp³-hybridized carbons (Fsp3) is 0.536. The maximum absolute atomic E-state index is 13.6. The molecule has 2 N–H and O–H groups in total. The average Bonchev–Trinajstić information content (AvgIpc) is 3.48. The number of carbonyl (C=O) groups is 1. The number of hydrogen-bond acceptors (Lipinski definition) is 6. The maximum Gasteiger partial charge on any atom is 0.573 e. The molecule has 1 aliphatic carbocycles. The van der Waals surface area contributed by atoms with Crippen LogP contribution >= 0.6 is 0 Å². The molecule has 2 unspecified atom stereocenters. The van der Waals surface area contributed by atoms with Gasteiger partial charge in [-0.1, -0.05) is 31.9 Å². The first-order chi connectivity index (χ1) is 18.1. The topological polar surface area (TPSA) is 72.1 Å². The highest BCUT2D eigenvalue weighted by atomic mass is 19.4. The summed E-state index contributed by atoms with van der Waals surface area (Å²) < 4.78 is 54.8. The predicted octanol–water partition coefficient (Wildman–Crippen LogP) is 5.26. The molecule has 0 bridgehead atoms. The molecule has 10 heteroatoms. The Morgan fingerprint density at radius 1 is 1.11 bits per heavy atom. The highest BCUT2D eigenvalue weighted by molar-refractivity contribution is 5.90. The van der Waals surface area contributed by atoms with Gasteiger partial charge in [0.25, 0.3) is 0 Å². The molecule has 0 radical (unpaired) electrons. The molecule has 4 aliphatic rings. The second-order valence-electron chi connectivity index (χ2n) is 10.9. The summed E-state index contributed by atoms with van der Waals surface area (Å²) in [6.45, 7) is 3.09. The number of piperidine rings is 1. The van der Waals surface area contributed by atoms with Crippen LogP contribution in [0.5, 0.6) is 17.2 Å². The molecule has 2 fully saturated rings. The Hall–Kier alpha value is -3.14. The van der Waals surface area contributed by atoms with E-state index in [1.807, 2.05) is 23.1 Å². The monoisotopic (exact) mass is 531 g/mol. The van der Waals surface area contributed by atoms with Crippen molar-refractivity contribution in [3.63, 3.8) is 0 Å². The number of alkyl halides is 3. The van der Waals surface area contributed by atoms with E-state index in [1.165, 1.54) is 12.1 Å². The Kier molecular flexibility index (Phi) is 5.93. The molecule has 3 aliphatic heterocycles. The average molecular weight is 532 g/mol. The Balaban J connectivity index is 1.19. The lowest BCUT2D eigenvalue weighted by atomic mass is 9.82. The van der Waals surface area contributed by atoms with Gasteiger partial charge in [-0.25, -0.2) is 0 Å². The van der Waals surface area contributed by atoms with Crippen molar-refractivity contribution in [2.75, 3.05) is 25.5 Å². The molecule has 2 atom stereocenters. The highest BCUT2D eigenvalue weighted by Gasteiger charge is 2.52. The number of methoxy groups -OCH3 is 1. The van der Waals surface area contributed by atoms with Crippen molar-refractivity contribution in [1.29, 1.82) is 0 Å². The van der Waals surface area contributed by atoms with Crippen LogP contribution in [0.1, 0.15) is 62.5 Å². The van der Waals surface area contributed by atoms with Crippen molar-refractivity contribution in [3.05, 3.63) is 47.5 Å². The number of benzene rings is 2. The summed E-state index contributed by atoms with van der Waals surface area (Å²) in [4.78, 5) is 15.5. The SMILES string of the molecule is COc1cccc2c1NC(C(=O)N1CCC3(CC1)NC1(CCCC1)c1cc(OC(F)(F)F)ccc1O3)C2C. The van der Waals surface area contributed by atoms with Gasteiger partial charge in [0, 0.05) is 37.4 Å². The van der Waals surface area contributed by atoms with Crippen molar-refractivity contribution < 1.29 is 32.2 Å². The second kappa shape index (κ2) is 8.97. The zero-order chi connectivity index (χ0) is 26.7. The van der Waals surface area contributed by atoms with E-state index in [2.05, 4.69) is 22.3 Å². The first-order valence-electron chi connectivity index (χ1n) is 13.2. The minimum absolute atomic E-state index is 0.00860. The molecule has 2 aromatic carbocycles. The fourth-order valence-corrected chi connectivity index (χ4v) is 6.78. The number of fused-ring (bicyclic) bond motifs is 3. The minimum atomic E-state index is -4.75. The summed E-state index contributed by atoms with van der Waals surface area (Å²) in [5.41, 5.74) is 1.52. The van der Waals surface area contributed by atoms with Crippen molar-refractivity contribution in [2.45, 2.75) is 75.0 Å². The number of ether oxygens (including phenoxy) is 3. The van der Waals surface area contributed by atoms with Gasteiger partial charge in [-0.05, 0) is 42.7 Å². The molecule has 7 nitrogen and oxygen atoms in total. The van der Waals surface area contributed by atoms with Gasteiger partial charge in [0.1, 0.15) is 23.3 Å². The molecule has 38 heavy (non-hydrogen) atoms. The van der Waals surface area contributed by atoms with Gasteiger partial charge in [0.2, 0.25) is 5.91 Å². The van der Waals surface area contributed by atoms with E-state index in [-0.39, 0.29) is 23.6 Å². The molecular weight excluding hydrogens is 499 g/mol. The van der Waals surface area contributed by atoms with Gasteiger partial charge < -0.3 is 24.4 Å². The van der Waals surface area contributed by atoms with Crippen LogP contribution in [-0.2, 0) is 10.3 Å². The Morgan fingerprint density at radius 3 is 2.53 bits per heavy atom. The zero-order valence-electron chi connectivity index (χ0n) is 21.5. The molecular formula is C28H32F3N3O4. The quantitative estimate of drug-likeness (QED) is 0.563. The smallest absolute Gasteiger partial charge is 0.495 e. The standard InChI is InChI=1S/C28H32F3N3O4/c1-17-19-6-5-7-22(36-2)24(19)32-23(17)25(35)34-14-12-27(13-15-34)33-26(10-3-4-11-26)20-16-18(37-28(29,30)31)8-9-21(20)38-27/h5-9,16-17,23,32-33H,3-4,10-15H2,1-2H3. The van der Waals surface area contributed by atoms with Gasteiger partial charge in [-0.3, -0.25) is 10.1 Å². The summed E-state index contributed by atoms with van der Waals surface area (Å²) in [6, 6.07) is 9.84. The van der Waals surface area contributed by atoms with E-state index in [1.54, 1.807) is 13.2 Å². The van der Waals surface area contributed by atoms with Gasteiger partial charge in [0.05, 0.1) is 18.3 Å². The number of nitrogens with zero attached hydrogens (tertiary/aromatic N) is 1. The Morgan fingerprint density at radius 2 is 1.84 bits per heavy atom. The molecule has 1 amide bonds. The third-order valence-electron chi connectivity index (χ3n) is 8.65. The summed E-state index contributed by atoms with van der Waals surface area (Å²) in [6.07, 6.45) is -0.00581. The van der Waals surface area contributed by atoms with Crippen LogP contribution in [0.4, 0.5) is 18.9 Å². The minimum Gasteiger partial charge on any atom is -0.495 e. The van der Waals surface area contributed by atoms with Crippen LogP contribution in [-0.4, -0.2) is 49.1 Å². The largest absolute Gasteiger partial charge is 0.573 e. The van der Waals surface area contributed by atoms with Crippen molar-refractivity contribution in [1.82, 2.24) is 10.2 Å². The van der Waals surface area contributed by atoms with Crippen LogP contribution in [0, 0.1) is 0 Å². The molecule has 3 heterocycles. The van der Waals surface area contributed by atoms with E-state index >= 15 is 0 Å². The number of likely N-dealkylation sites (tertiary alicyclic amines) is 1. The van der Waals surface area contributed by atoms with Gasteiger partial charge >= 0.3 is 6.36 Å². The number of amides is 1. The summed E-state index contributed by atoms with van der Waals surface area (Å²) in [5, 5.41) is 7.12. The molecule has 1 saturated carbocycles. The van der Waals surface area contributed by atoms with Crippen LogP contribution < -0.4 is 24.8 Å². The number of anilines is 1. The molecule has 0 aromatic heterocycles. The number of carbonyl (C=O) groups excluding carboxylic acids is 1. The third-order valence-corrected chi connectivity index (χ3v) is 8.65. The van der Waals surface area contributed by atoms with Crippen LogP contribution in [0.25, 0.3) is 0 Å². The zero-order valence-corrected chi connectivity index (χ0v) is 21.5. The van der Waals surface area contributed by atoms with Crippen LogP contribution in [0.2, 0.25) is 0 Å². The van der Waals surface area contributed by atoms with Crippen molar-refractivity contribution >= 4 is 11.6 Å². The Bertz CT molecular complexity index is 1240. The van der Waals surface area contributed by atoms with E-state index in [0.29, 0.717) is 31.7 Å². The second-order valence-corrected chi connectivity index (χ2v) is 10.9. The van der Waals surface area contributed by atoms with Crippen LogP contribution in [0.15, 0.2) is 36.4 Å².